The number of pyridine rings is 1. The van der Waals surface area contributed by atoms with Gasteiger partial charge in [0.1, 0.15) is 5.60 Å². The van der Waals surface area contributed by atoms with Crippen molar-refractivity contribution < 1.29 is 19.1 Å². The Balaban J connectivity index is 1.27. The topological polar surface area (TPSA) is 94.8 Å². The monoisotopic (exact) mass is 445 g/mol. The fourth-order valence-electron chi connectivity index (χ4n) is 4.77. The molecule has 2 aliphatic rings. The smallest absolute Gasteiger partial charge is 0.260 e. The van der Waals surface area contributed by atoms with Crippen LogP contribution in [0.25, 0.3) is 10.9 Å². The Hall–Kier alpha value is -3.61. The number of carbonyl (C=O) groups is 2. The molecule has 1 fully saturated rings. The van der Waals surface area contributed by atoms with Gasteiger partial charge in [0.2, 0.25) is 5.91 Å². The van der Waals surface area contributed by atoms with E-state index in [1.807, 2.05) is 56.3 Å². The molecule has 3 heterocycles. The number of amides is 2. The summed E-state index contributed by atoms with van der Waals surface area (Å²) in [6.45, 7) is 5.17. The molecule has 1 aromatic heterocycles. The molecule has 1 unspecified atom stereocenters. The molecule has 3 aromatic rings. The number of para-hydroxylation sites is 2. The number of aromatic nitrogens is 1. The standard InChI is InChI=1S/C26H27N3O4/c1-26(2)13-16-6-5-9-22(24(16)33-26)32-15-23(30)29-11-10-17(14-29)21-12-19(25(27)31)18-7-3-4-8-20(18)28-21/h3-9,12,17H,10-11,13-15H2,1-2H3,(H2,27,31). The molecule has 7 nitrogen and oxygen atoms in total. The lowest BCUT2D eigenvalue weighted by molar-refractivity contribution is -0.132. The summed E-state index contributed by atoms with van der Waals surface area (Å²) in [5.41, 5.74) is 8.42. The van der Waals surface area contributed by atoms with E-state index in [2.05, 4.69) is 0 Å². The highest BCUT2D eigenvalue weighted by Crippen LogP contribution is 2.41. The number of likely N-dealkylation sites (tertiary alicyclic amines) is 1. The Morgan fingerprint density at radius 2 is 2.03 bits per heavy atom. The summed E-state index contributed by atoms with van der Waals surface area (Å²) in [7, 11) is 0. The number of carbonyl (C=O) groups excluding carboxylic acids is 2. The van der Waals surface area contributed by atoms with Gasteiger partial charge < -0.3 is 20.1 Å². The zero-order chi connectivity index (χ0) is 23.2. The van der Waals surface area contributed by atoms with Gasteiger partial charge in [-0.1, -0.05) is 30.3 Å². The molecule has 1 saturated heterocycles. The van der Waals surface area contributed by atoms with E-state index >= 15 is 0 Å². The molecular weight excluding hydrogens is 418 g/mol. The van der Waals surface area contributed by atoms with E-state index < -0.39 is 5.91 Å². The molecule has 33 heavy (non-hydrogen) atoms. The molecule has 7 heteroatoms. The molecule has 0 bridgehead atoms. The van der Waals surface area contributed by atoms with Crippen LogP contribution in [0.2, 0.25) is 0 Å². The lowest BCUT2D eigenvalue weighted by atomic mass is 9.99. The van der Waals surface area contributed by atoms with Gasteiger partial charge in [0.25, 0.3) is 5.91 Å². The average Bonchev–Trinajstić information content (AvgIpc) is 3.40. The molecule has 2 N–H and O–H groups in total. The second-order valence-electron chi connectivity index (χ2n) is 9.37. The van der Waals surface area contributed by atoms with Crippen LogP contribution in [0, 0.1) is 0 Å². The first-order valence-electron chi connectivity index (χ1n) is 11.2. The first kappa shape index (κ1) is 21.2. The number of hydrogen-bond acceptors (Lipinski definition) is 5. The highest BCUT2D eigenvalue weighted by molar-refractivity contribution is 6.05. The van der Waals surface area contributed by atoms with E-state index in [9.17, 15) is 9.59 Å². The molecule has 0 aliphatic carbocycles. The van der Waals surface area contributed by atoms with Gasteiger partial charge in [-0.2, -0.15) is 0 Å². The van der Waals surface area contributed by atoms with E-state index in [1.165, 1.54) is 0 Å². The minimum Gasteiger partial charge on any atom is -0.483 e. The number of nitrogens with two attached hydrogens (primary N) is 1. The Bertz CT molecular complexity index is 1250. The highest BCUT2D eigenvalue weighted by atomic mass is 16.5. The van der Waals surface area contributed by atoms with Gasteiger partial charge in [0, 0.05) is 42.1 Å². The molecule has 0 saturated carbocycles. The SMILES string of the molecule is CC1(C)Cc2cccc(OCC(=O)N3CCC(c4cc(C(N)=O)c5ccccc5n4)C3)c2O1. The van der Waals surface area contributed by atoms with Crippen molar-refractivity contribution in [1.82, 2.24) is 9.88 Å². The summed E-state index contributed by atoms with van der Waals surface area (Å²) >= 11 is 0. The predicted octanol–water partition coefficient (Wildman–Crippen LogP) is 3.44. The second kappa shape index (κ2) is 8.06. The molecule has 170 valence electrons. The minimum absolute atomic E-state index is 0.0433. The van der Waals surface area contributed by atoms with Crippen LogP contribution in [-0.4, -0.2) is 47.0 Å². The van der Waals surface area contributed by atoms with Crippen molar-refractivity contribution in [1.29, 1.82) is 0 Å². The fraction of sp³-hybridized carbons (Fsp3) is 0.346. The maximum atomic E-state index is 12.9. The van der Waals surface area contributed by atoms with Crippen molar-refractivity contribution >= 4 is 22.7 Å². The van der Waals surface area contributed by atoms with Crippen molar-refractivity contribution in [3.63, 3.8) is 0 Å². The molecule has 2 aliphatic heterocycles. The first-order chi connectivity index (χ1) is 15.8. The maximum absolute atomic E-state index is 12.9. The van der Waals surface area contributed by atoms with Crippen LogP contribution in [-0.2, 0) is 11.2 Å². The van der Waals surface area contributed by atoms with Crippen molar-refractivity contribution in [3.8, 4) is 11.5 Å². The van der Waals surface area contributed by atoms with Gasteiger partial charge in [0.05, 0.1) is 11.1 Å². The summed E-state index contributed by atoms with van der Waals surface area (Å²) in [6.07, 6.45) is 1.58. The molecule has 0 radical (unpaired) electrons. The van der Waals surface area contributed by atoms with Gasteiger partial charge >= 0.3 is 0 Å². The zero-order valence-electron chi connectivity index (χ0n) is 18.8. The van der Waals surface area contributed by atoms with Crippen LogP contribution in [0.4, 0.5) is 0 Å². The fourth-order valence-corrected chi connectivity index (χ4v) is 4.77. The van der Waals surface area contributed by atoms with E-state index in [4.69, 9.17) is 20.2 Å². The molecule has 0 spiro atoms. The molecule has 1 atom stereocenters. The Morgan fingerprint density at radius 3 is 2.85 bits per heavy atom. The molecule has 2 amide bonds. The third-order valence-electron chi connectivity index (χ3n) is 6.37. The average molecular weight is 446 g/mol. The number of rotatable bonds is 5. The zero-order valence-corrected chi connectivity index (χ0v) is 18.8. The van der Waals surface area contributed by atoms with Crippen LogP contribution in [0.3, 0.4) is 0 Å². The van der Waals surface area contributed by atoms with E-state index in [1.54, 1.807) is 11.0 Å². The van der Waals surface area contributed by atoms with Crippen LogP contribution < -0.4 is 15.2 Å². The van der Waals surface area contributed by atoms with Crippen molar-refractivity contribution in [3.05, 3.63) is 65.4 Å². The summed E-state index contributed by atoms with van der Waals surface area (Å²) in [4.78, 5) is 31.4. The summed E-state index contributed by atoms with van der Waals surface area (Å²) in [5.74, 6) is 0.818. The number of ether oxygens (including phenoxy) is 2. The number of nitrogens with zero attached hydrogens (tertiary/aromatic N) is 2. The summed E-state index contributed by atoms with van der Waals surface area (Å²) in [5, 5.41) is 0.744. The molecule has 2 aromatic carbocycles. The van der Waals surface area contributed by atoms with Crippen LogP contribution in [0.1, 0.15) is 47.8 Å². The van der Waals surface area contributed by atoms with Gasteiger partial charge in [0.15, 0.2) is 18.1 Å². The number of fused-ring (bicyclic) bond motifs is 2. The van der Waals surface area contributed by atoms with Gasteiger partial charge in [-0.25, -0.2) is 0 Å². The van der Waals surface area contributed by atoms with Crippen molar-refractivity contribution in [2.24, 2.45) is 5.73 Å². The number of benzene rings is 2. The lowest BCUT2D eigenvalue weighted by Crippen LogP contribution is -2.33. The van der Waals surface area contributed by atoms with Gasteiger partial charge in [-0.05, 0) is 38.5 Å². The quantitative estimate of drug-likeness (QED) is 0.649. The van der Waals surface area contributed by atoms with Crippen molar-refractivity contribution in [2.75, 3.05) is 19.7 Å². The highest BCUT2D eigenvalue weighted by Gasteiger charge is 2.33. The van der Waals surface area contributed by atoms with Crippen LogP contribution in [0.15, 0.2) is 48.5 Å². The molecule has 5 rings (SSSR count). The largest absolute Gasteiger partial charge is 0.483 e. The van der Waals surface area contributed by atoms with Crippen LogP contribution in [0.5, 0.6) is 11.5 Å². The van der Waals surface area contributed by atoms with Crippen molar-refractivity contribution in [2.45, 2.75) is 38.2 Å². The van der Waals surface area contributed by atoms with Gasteiger partial charge in [-0.3, -0.25) is 14.6 Å². The Labute approximate surface area is 192 Å². The Morgan fingerprint density at radius 1 is 1.21 bits per heavy atom. The first-order valence-corrected chi connectivity index (χ1v) is 11.2. The minimum atomic E-state index is -0.477. The number of hydrogen-bond donors (Lipinski definition) is 1. The molecular formula is C26H27N3O4. The number of primary amides is 1. The lowest BCUT2D eigenvalue weighted by Gasteiger charge is -2.19. The van der Waals surface area contributed by atoms with E-state index in [0.29, 0.717) is 24.4 Å². The third-order valence-corrected chi connectivity index (χ3v) is 6.37. The summed E-state index contributed by atoms with van der Waals surface area (Å²) in [6, 6.07) is 15.0. The normalized spacial score (nSPS) is 18.7. The second-order valence-corrected chi connectivity index (χ2v) is 9.37. The third kappa shape index (κ3) is 4.11. The van der Waals surface area contributed by atoms with Gasteiger partial charge in [-0.15, -0.1) is 0 Å². The predicted molar refractivity (Wildman–Crippen MR) is 125 cm³/mol. The van der Waals surface area contributed by atoms with E-state index in [-0.39, 0.29) is 24.0 Å². The van der Waals surface area contributed by atoms with E-state index in [0.717, 1.165) is 40.8 Å². The Kier molecular flexibility index (Phi) is 5.19. The summed E-state index contributed by atoms with van der Waals surface area (Å²) < 4.78 is 11.9. The van der Waals surface area contributed by atoms with Crippen LogP contribution >= 0.6 is 0 Å². The maximum Gasteiger partial charge on any atom is 0.260 e.